The van der Waals surface area contributed by atoms with Crippen molar-refractivity contribution in [2.24, 2.45) is 5.92 Å². The van der Waals surface area contributed by atoms with Gasteiger partial charge in [0.05, 0.1) is 30.4 Å². The first kappa shape index (κ1) is 23.7. The van der Waals surface area contributed by atoms with Crippen molar-refractivity contribution >= 4 is 34.1 Å². The number of morpholine rings is 1. The summed E-state index contributed by atoms with van der Waals surface area (Å²) >= 11 is 1.23. The van der Waals surface area contributed by atoms with Gasteiger partial charge < -0.3 is 19.7 Å². The number of esters is 1. The van der Waals surface area contributed by atoms with Gasteiger partial charge in [0.25, 0.3) is 0 Å². The van der Waals surface area contributed by atoms with E-state index >= 15 is 0 Å². The van der Waals surface area contributed by atoms with Crippen molar-refractivity contribution < 1.29 is 23.9 Å². The number of aryl methyl sites for hydroxylation is 1. The largest absolute Gasteiger partial charge is 0.462 e. The van der Waals surface area contributed by atoms with Crippen LogP contribution in [0.1, 0.15) is 48.8 Å². The number of anilines is 1. The molecule has 0 bridgehead atoms. The lowest BCUT2D eigenvalue weighted by Gasteiger charge is -2.39. The summed E-state index contributed by atoms with van der Waals surface area (Å²) in [5, 5.41) is 3.53. The van der Waals surface area contributed by atoms with Crippen LogP contribution >= 0.6 is 11.3 Å². The highest BCUT2D eigenvalue weighted by Crippen LogP contribution is 2.27. The molecule has 2 atom stereocenters. The molecule has 2 unspecified atom stereocenters. The average molecular weight is 452 g/mol. The predicted molar refractivity (Wildman–Crippen MR) is 119 cm³/mol. The van der Waals surface area contributed by atoms with Gasteiger partial charge in [0.15, 0.2) is 0 Å². The molecule has 2 amide bonds. The molecule has 3 heterocycles. The molecule has 0 aromatic carbocycles. The van der Waals surface area contributed by atoms with Gasteiger partial charge in [-0.1, -0.05) is 0 Å². The van der Waals surface area contributed by atoms with E-state index in [0.29, 0.717) is 29.6 Å². The van der Waals surface area contributed by atoms with Crippen LogP contribution in [0.15, 0.2) is 6.07 Å². The lowest BCUT2D eigenvalue weighted by atomic mass is 9.94. The van der Waals surface area contributed by atoms with Crippen LogP contribution < -0.4 is 5.32 Å². The Morgan fingerprint density at radius 1 is 1.19 bits per heavy atom. The summed E-state index contributed by atoms with van der Waals surface area (Å²) in [6.45, 7) is 10.9. The maximum Gasteiger partial charge on any atom is 0.348 e. The fraction of sp³-hybridized carbons (Fsp3) is 0.682. The summed E-state index contributed by atoms with van der Waals surface area (Å²) in [5.41, 5.74) is 0.796. The number of nitrogens with zero attached hydrogens (tertiary/aromatic N) is 2. The Bertz CT molecular complexity index is 793. The molecule has 172 valence electrons. The highest BCUT2D eigenvalue weighted by Gasteiger charge is 2.33. The van der Waals surface area contributed by atoms with Gasteiger partial charge >= 0.3 is 5.97 Å². The van der Waals surface area contributed by atoms with Gasteiger partial charge in [-0.3, -0.25) is 14.5 Å². The van der Waals surface area contributed by atoms with Crippen LogP contribution in [0.25, 0.3) is 0 Å². The molecule has 3 rings (SSSR count). The van der Waals surface area contributed by atoms with E-state index in [4.69, 9.17) is 9.47 Å². The van der Waals surface area contributed by atoms with E-state index in [1.165, 1.54) is 11.3 Å². The van der Waals surface area contributed by atoms with Crippen LogP contribution in [-0.2, 0) is 19.1 Å². The summed E-state index contributed by atoms with van der Waals surface area (Å²) in [7, 11) is 0. The van der Waals surface area contributed by atoms with Gasteiger partial charge in [-0.05, 0) is 65.3 Å². The van der Waals surface area contributed by atoms with Gasteiger partial charge in [-0.25, -0.2) is 4.79 Å². The lowest BCUT2D eigenvalue weighted by molar-refractivity contribution is -0.148. The fourth-order valence-electron chi connectivity index (χ4n) is 4.28. The number of thiophene rings is 1. The summed E-state index contributed by atoms with van der Waals surface area (Å²) in [6, 6.07) is 1.80. The minimum Gasteiger partial charge on any atom is -0.462 e. The van der Waals surface area contributed by atoms with Crippen molar-refractivity contribution in [1.82, 2.24) is 9.80 Å². The Kier molecular flexibility index (Phi) is 8.07. The molecular formula is C22H33N3O5S. The Labute approximate surface area is 187 Å². The van der Waals surface area contributed by atoms with Gasteiger partial charge in [0.2, 0.25) is 11.8 Å². The van der Waals surface area contributed by atoms with Gasteiger partial charge in [-0.15, -0.1) is 11.3 Å². The van der Waals surface area contributed by atoms with Crippen LogP contribution in [-0.4, -0.2) is 79.1 Å². The van der Waals surface area contributed by atoms with E-state index in [-0.39, 0.29) is 42.5 Å². The molecule has 0 aliphatic carbocycles. The van der Waals surface area contributed by atoms with Gasteiger partial charge in [0, 0.05) is 19.0 Å². The second-order valence-corrected chi connectivity index (χ2v) is 9.49. The van der Waals surface area contributed by atoms with Gasteiger partial charge in [-0.2, -0.15) is 0 Å². The zero-order chi connectivity index (χ0) is 22.5. The van der Waals surface area contributed by atoms with Crippen LogP contribution in [0, 0.1) is 12.8 Å². The quantitative estimate of drug-likeness (QED) is 0.669. The number of nitrogens with one attached hydrogen (secondary N) is 1. The zero-order valence-corrected chi connectivity index (χ0v) is 19.6. The standard InChI is InChI=1S/C22H33N3O5S/c1-5-29-22(28)20-14(2)10-19(31-20)23-18(26)13-24-8-6-17(7-9-24)21(27)25-11-15(3)30-16(4)12-25/h10,15-17H,5-9,11-13H2,1-4H3,(H,23,26). The third-order valence-corrected chi connectivity index (χ3v) is 6.81. The topological polar surface area (TPSA) is 88.2 Å². The first-order valence-electron chi connectivity index (χ1n) is 11.0. The molecule has 0 saturated carbocycles. The van der Waals surface area contributed by atoms with E-state index in [1.807, 2.05) is 25.7 Å². The zero-order valence-electron chi connectivity index (χ0n) is 18.8. The Morgan fingerprint density at radius 3 is 2.45 bits per heavy atom. The smallest absolute Gasteiger partial charge is 0.348 e. The Balaban J connectivity index is 1.45. The minimum atomic E-state index is -0.360. The molecule has 2 aliphatic heterocycles. The number of ether oxygens (including phenoxy) is 2. The van der Waals surface area contributed by atoms with Crippen molar-refractivity contribution in [3.8, 4) is 0 Å². The van der Waals surface area contributed by atoms with E-state index in [9.17, 15) is 14.4 Å². The number of hydrogen-bond acceptors (Lipinski definition) is 7. The summed E-state index contributed by atoms with van der Waals surface area (Å²) in [5.74, 6) is -0.242. The molecule has 2 saturated heterocycles. The van der Waals surface area contributed by atoms with Crippen molar-refractivity contribution in [2.75, 3.05) is 44.6 Å². The number of likely N-dealkylation sites (tertiary alicyclic amines) is 1. The molecule has 8 nitrogen and oxygen atoms in total. The maximum atomic E-state index is 12.9. The Hall–Kier alpha value is -1.97. The molecule has 1 aromatic rings. The second kappa shape index (κ2) is 10.6. The molecule has 0 radical (unpaired) electrons. The summed E-state index contributed by atoms with van der Waals surface area (Å²) in [6.07, 6.45) is 1.66. The second-order valence-electron chi connectivity index (χ2n) is 8.44. The molecule has 0 spiro atoms. The van der Waals surface area contributed by atoms with Crippen molar-refractivity contribution in [3.05, 3.63) is 16.5 Å². The lowest BCUT2D eigenvalue weighted by Crippen LogP contribution is -2.51. The molecule has 1 aromatic heterocycles. The van der Waals surface area contributed by atoms with Crippen molar-refractivity contribution in [3.63, 3.8) is 0 Å². The third kappa shape index (κ3) is 6.27. The molecular weight excluding hydrogens is 418 g/mol. The normalized spacial score (nSPS) is 22.9. The summed E-state index contributed by atoms with van der Waals surface area (Å²) < 4.78 is 10.8. The fourth-order valence-corrected chi connectivity index (χ4v) is 5.26. The first-order chi connectivity index (χ1) is 14.8. The van der Waals surface area contributed by atoms with Crippen LogP contribution in [0.3, 0.4) is 0 Å². The first-order valence-corrected chi connectivity index (χ1v) is 11.8. The number of piperidine rings is 1. The van der Waals surface area contributed by atoms with Crippen molar-refractivity contribution in [1.29, 1.82) is 0 Å². The molecule has 2 aliphatic rings. The number of hydrogen-bond donors (Lipinski definition) is 1. The van der Waals surface area contributed by atoms with Crippen molar-refractivity contribution in [2.45, 2.75) is 52.7 Å². The number of rotatable bonds is 6. The number of carbonyl (C=O) groups is 3. The summed E-state index contributed by atoms with van der Waals surface area (Å²) in [4.78, 5) is 41.8. The number of amides is 2. The highest BCUT2D eigenvalue weighted by molar-refractivity contribution is 7.18. The molecule has 2 fully saturated rings. The minimum absolute atomic E-state index is 0.0175. The van der Waals surface area contributed by atoms with E-state index in [0.717, 1.165) is 31.5 Å². The number of carbonyl (C=O) groups excluding carboxylic acids is 3. The van der Waals surface area contributed by atoms with Gasteiger partial charge in [0.1, 0.15) is 4.88 Å². The molecule has 1 N–H and O–H groups in total. The van der Waals surface area contributed by atoms with Crippen LogP contribution in [0.5, 0.6) is 0 Å². The van der Waals surface area contributed by atoms with E-state index < -0.39 is 0 Å². The average Bonchev–Trinajstić information content (AvgIpc) is 3.07. The van der Waals surface area contributed by atoms with E-state index in [1.54, 1.807) is 13.0 Å². The highest BCUT2D eigenvalue weighted by atomic mass is 32.1. The SMILES string of the molecule is CCOC(=O)c1sc(NC(=O)CN2CCC(C(=O)N3CC(C)OC(C)C3)CC2)cc1C. The predicted octanol–water partition coefficient (Wildman–Crippen LogP) is 2.52. The Morgan fingerprint density at radius 2 is 1.84 bits per heavy atom. The van der Waals surface area contributed by atoms with Crippen LogP contribution in [0.2, 0.25) is 0 Å². The van der Waals surface area contributed by atoms with Crippen LogP contribution in [0.4, 0.5) is 5.00 Å². The monoisotopic (exact) mass is 451 g/mol. The third-order valence-electron chi connectivity index (χ3n) is 5.68. The molecule has 9 heteroatoms. The van der Waals surface area contributed by atoms with E-state index in [2.05, 4.69) is 10.2 Å². The maximum absolute atomic E-state index is 12.9. The molecule has 31 heavy (non-hydrogen) atoms.